The van der Waals surface area contributed by atoms with E-state index in [1.165, 1.54) is 4.52 Å². The van der Waals surface area contributed by atoms with Gasteiger partial charge in [0.25, 0.3) is 5.56 Å². The molecule has 0 unspecified atom stereocenters. The summed E-state index contributed by atoms with van der Waals surface area (Å²) in [5.74, 6) is 0. The summed E-state index contributed by atoms with van der Waals surface area (Å²) in [5.41, 5.74) is 4.20. The van der Waals surface area contributed by atoms with Gasteiger partial charge >= 0.3 is 0 Å². The number of ether oxygens (including phenoxy) is 1. The second-order valence-corrected chi connectivity index (χ2v) is 5.26. The van der Waals surface area contributed by atoms with Crippen molar-refractivity contribution in [1.82, 2.24) is 14.6 Å². The summed E-state index contributed by atoms with van der Waals surface area (Å²) in [6.07, 6.45) is 1.75. The van der Waals surface area contributed by atoms with Crippen molar-refractivity contribution < 1.29 is 4.74 Å². The van der Waals surface area contributed by atoms with Crippen LogP contribution < -0.4 is 5.56 Å². The van der Waals surface area contributed by atoms with Crippen LogP contribution in [0.1, 0.15) is 24.7 Å². The molecule has 3 rings (SSSR count). The van der Waals surface area contributed by atoms with Crippen molar-refractivity contribution >= 4 is 5.65 Å². The average Bonchev–Trinajstić information content (AvgIpc) is 2.88. The molecule has 2 heterocycles. The molecule has 2 aromatic heterocycles. The second-order valence-electron chi connectivity index (χ2n) is 5.26. The molecular formula is C17H19N3O2. The van der Waals surface area contributed by atoms with Gasteiger partial charge in [0.15, 0.2) is 5.65 Å². The molecule has 0 saturated heterocycles. The summed E-state index contributed by atoms with van der Waals surface area (Å²) >= 11 is 0. The smallest absolute Gasteiger partial charge is 0.272 e. The van der Waals surface area contributed by atoms with Crippen LogP contribution in [-0.4, -0.2) is 21.7 Å². The van der Waals surface area contributed by atoms with E-state index in [1.54, 1.807) is 13.2 Å². The zero-order valence-electron chi connectivity index (χ0n) is 12.8. The van der Waals surface area contributed by atoms with Crippen LogP contribution in [0.2, 0.25) is 0 Å². The maximum absolute atomic E-state index is 12.3. The molecular weight excluding hydrogens is 278 g/mol. The van der Waals surface area contributed by atoms with E-state index in [9.17, 15) is 4.79 Å². The molecule has 0 bridgehead atoms. The van der Waals surface area contributed by atoms with Gasteiger partial charge in [-0.3, -0.25) is 9.89 Å². The summed E-state index contributed by atoms with van der Waals surface area (Å²) < 4.78 is 6.76. The van der Waals surface area contributed by atoms with Gasteiger partial charge in [-0.25, -0.2) is 9.50 Å². The number of aromatic amines is 1. The van der Waals surface area contributed by atoms with Gasteiger partial charge in [-0.15, -0.1) is 0 Å². The lowest BCUT2D eigenvalue weighted by molar-refractivity contribution is 0.181. The number of rotatable bonds is 5. The van der Waals surface area contributed by atoms with Crippen LogP contribution in [0.3, 0.4) is 0 Å². The van der Waals surface area contributed by atoms with E-state index in [2.05, 4.69) is 17.0 Å². The summed E-state index contributed by atoms with van der Waals surface area (Å²) in [7, 11) is 1.64. The Morgan fingerprint density at radius 2 is 2.05 bits per heavy atom. The first-order chi connectivity index (χ1) is 10.7. The molecule has 3 aromatic rings. The van der Waals surface area contributed by atoms with Gasteiger partial charge < -0.3 is 4.74 Å². The predicted molar refractivity (Wildman–Crippen MR) is 86.0 cm³/mol. The zero-order chi connectivity index (χ0) is 15.5. The third-order valence-corrected chi connectivity index (χ3v) is 3.60. The number of aryl methyl sites for hydroxylation is 1. The normalized spacial score (nSPS) is 11.2. The van der Waals surface area contributed by atoms with E-state index in [0.717, 1.165) is 35.4 Å². The molecule has 1 aromatic carbocycles. The Kier molecular flexibility index (Phi) is 4.06. The number of benzene rings is 1. The number of nitrogens with one attached hydrogen (secondary N) is 1. The monoisotopic (exact) mass is 297 g/mol. The third-order valence-electron chi connectivity index (χ3n) is 3.60. The number of nitrogens with zero attached hydrogens (tertiary/aromatic N) is 2. The molecule has 114 valence electrons. The van der Waals surface area contributed by atoms with Gasteiger partial charge in [0.1, 0.15) is 0 Å². The van der Waals surface area contributed by atoms with Crippen molar-refractivity contribution in [3.8, 4) is 11.1 Å². The van der Waals surface area contributed by atoms with Crippen LogP contribution in [-0.2, 0) is 17.8 Å². The van der Waals surface area contributed by atoms with Gasteiger partial charge in [-0.05, 0) is 12.0 Å². The second kappa shape index (κ2) is 6.15. The highest BCUT2D eigenvalue weighted by Gasteiger charge is 2.16. The first-order valence-corrected chi connectivity index (χ1v) is 7.42. The molecule has 0 fully saturated rings. The van der Waals surface area contributed by atoms with E-state index in [4.69, 9.17) is 4.74 Å². The van der Waals surface area contributed by atoms with E-state index in [1.807, 2.05) is 30.3 Å². The molecule has 0 aliphatic carbocycles. The minimum atomic E-state index is -0.0898. The highest BCUT2D eigenvalue weighted by molar-refractivity contribution is 5.79. The van der Waals surface area contributed by atoms with Crippen LogP contribution >= 0.6 is 0 Å². The van der Waals surface area contributed by atoms with Crippen LogP contribution in [0.25, 0.3) is 16.8 Å². The lowest BCUT2D eigenvalue weighted by Gasteiger charge is -2.03. The van der Waals surface area contributed by atoms with Gasteiger partial charge in [0.2, 0.25) is 0 Å². The highest BCUT2D eigenvalue weighted by atomic mass is 16.5. The molecule has 0 amide bonds. The Hall–Kier alpha value is -2.40. The van der Waals surface area contributed by atoms with E-state index in [-0.39, 0.29) is 5.56 Å². The van der Waals surface area contributed by atoms with Crippen molar-refractivity contribution in [2.24, 2.45) is 0 Å². The molecule has 0 saturated carbocycles. The zero-order valence-corrected chi connectivity index (χ0v) is 12.8. The molecule has 0 aliphatic rings. The summed E-state index contributed by atoms with van der Waals surface area (Å²) in [6, 6.07) is 11.5. The average molecular weight is 297 g/mol. The van der Waals surface area contributed by atoms with Crippen molar-refractivity contribution in [2.75, 3.05) is 7.11 Å². The Morgan fingerprint density at radius 3 is 2.73 bits per heavy atom. The maximum atomic E-state index is 12.3. The van der Waals surface area contributed by atoms with Crippen LogP contribution in [0, 0.1) is 0 Å². The first-order valence-electron chi connectivity index (χ1n) is 7.42. The van der Waals surface area contributed by atoms with Crippen molar-refractivity contribution in [2.45, 2.75) is 26.4 Å². The number of H-pyrrole nitrogens is 1. The van der Waals surface area contributed by atoms with E-state index < -0.39 is 0 Å². The fourth-order valence-corrected chi connectivity index (χ4v) is 2.67. The standard InChI is InChI=1S/C17H19N3O2/c1-3-7-13-10-15(21)20-17(18-13)16(14(19-20)11-22-2)12-8-5-4-6-9-12/h4-6,8-10,19H,3,7,11H2,1-2H3. The first kappa shape index (κ1) is 14.5. The van der Waals surface area contributed by atoms with Crippen LogP contribution in [0.15, 0.2) is 41.2 Å². The Balaban J connectivity index is 2.30. The summed E-state index contributed by atoms with van der Waals surface area (Å²) in [5, 5.41) is 3.12. The fraction of sp³-hybridized carbons (Fsp3) is 0.294. The van der Waals surface area contributed by atoms with Crippen molar-refractivity contribution in [1.29, 1.82) is 0 Å². The third kappa shape index (κ3) is 2.55. The molecule has 0 atom stereocenters. The molecule has 22 heavy (non-hydrogen) atoms. The number of aromatic nitrogens is 3. The topological polar surface area (TPSA) is 59.4 Å². The minimum Gasteiger partial charge on any atom is -0.378 e. The Labute approximate surface area is 128 Å². The molecule has 0 radical (unpaired) electrons. The van der Waals surface area contributed by atoms with Gasteiger partial charge in [-0.1, -0.05) is 43.7 Å². The van der Waals surface area contributed by atoms with E-state index in [0.29, 0.717) is 12.3 Å². The largest absolute Gasteiger partial charge is 0.378 e. The number of fused-ring (bicyclic) bond motifs is 1. The van der Waals surface area contributed by atoms with Gasteiger partial charge in [0.05, 0.1) is 12.3 Å². The Bertz CT molecular complexity index is 834. The molecule has 5 heteroatoms. The minimum absolute atomic E-state index is 0.0898. The SMILES string of the molecule is CCCc1cc(=O)n2[nH]c(COC)c(-c3ccccc3)c2n1. The van der Waals surface area contributed by atoms with E-state index >= 15 is 0 Å². The molecule has 0 aliphatic heterocycles. The Morgan fingerprint density at radius 1 is 1.27 bits per heavy atom. The van der Waals surface area contributed by atoms with Gasteiger partial charge in [-0.2, -0.15) is 0 Å². The van der Waals surface area contributed by atoms with Crippen LogP contribution in [0.4, 0.5) is 0 Å². The van der Waals surface area contributed by atoms with Crippen molar-refractivity contribution in [3.05, 3.63) is 58.1 Å². The number of methoxy groups -OCH3 is 1. The number of hydrogen-bond acceptors (Lipinski definition) is 3. The highest BCUT2D eigenvalue weighted by Crippen LogP contribution is 2.27. The summed E-state index contributed by atoms with van der Waals surface area (Å²) in [6.45, 7) is 2.48. The maximum Gasteiger partial charge on any atom is 0.272 e. The number of hydrogen-bond donors (Lipinski definition) is 1. The quantitative estimate of drug-likeness (QED) is 0.787. The lowest BCUT2D eigenvalue weighted by Crippen LogP contribution is -2.15. The van der Waals surface area contributed by atoms with Gasteiger partial charge in [0, 0.05) is 24.4 Å². The summed E-state index contributed by atoms with van der Waals surface area (Å²) in [4.78, 5) is 17.0. The molecule has 5 nitrogen and oxygen atoms in total. The predicted octanol–water partition coefficient (Wildman–Crippen LogP) is 2.79. The van der Waals surface area contributed by atoms with Crippen LogP contribution in [0.5, 0.6) is 0 Å². The lowest BCUT2D eigenvalue weighted by atomic mass is 10.1. The van der Waals surface area contributed by atoms with Crippen molar-refractivity contribution in [3.63, 3.8) is 0 Å². The molecule has 0 spiro atoms. The molecule has 1 N–H and O–H groups in total. The fourth-order valence-electron chi connectivity index (χ4n) is 2.67.